The van der Waals surface area contributed by atoms with Crippen molar-refractivity contribution in [2.75, 3.05) is 38.0 Å². The summed E-state index contributed by atoms with van der Waals surface area (Å²) in [5.41, 5.74) is 1.38. The van der Waals surface area contributed by atoms with E-state index in [2.05, 4.69) is 31.2 Å². The third kappa shape index (κ3) is 5.36. The molecule has 31 heavy (non-hydrogen) atoms. The number of carbonyl (C=O) groups is 1. The highest BCUT2D eigenvalue weighted by molar-refractivity contribution is 7.14. The number of likely N-dealkylation sites (tertiary alicyclic amines) is 2. The molecule has 1 amide bonds. The SMILES string of the molecule is Cc1nc(Nc2nc(C(=O)N3CCC(O)CC3)cs2)cc(C2CCCN(CC#N)C2)n1. The molecule has 164 valence electrons. The molecule has 2 aliphatic heterocycles. The van der Waals surface area contributed by atoms with Gasteiger partial charge in [0.2, 0.25) is 0 Å². The maximum absolute atomic E-state index is 12.7. The van der Waals surface area contributed by atoms with Crippen molar-refractivity contribution in [2.24, 2.45) is 0 Å². The summed E-state index contributed by atoms with van der Waals surface area (Å²) in [6.07, 6.45) is 2.98. The first kappa shape index (κ1) is 21.6. The second kappa shape index (κ2) is 9.68. The number of nitrogens with one attached hydrogen (secondary N) is 1. The topological polar surface area (TPSA) is 118 Å². The third-order valence-corrected chi connectivity index (χ3v) is 6.54. The van der Waals surface area contributed by atoms with Crippen molar-refractivity contribution in [2.45, 2.75) is 44.6 Å². The largest absolute Gasteiger partial charge is 0.393 e. The lowest BCUT2D eigenvalue weighted by atomic mass is 9.94. The maximum atomic E-state index is 12.7. The first-order chi connectivity index (χ1) is 15.0. The lowest BCUT2D eigenvalue weighted by Crippen LogP contribution is -2.40. The lowest BCUT2D eigenvalue weighted by Gasteiger charge is -2.30. The smallest absolute Gasteiger partial charge is 0.273 e. The summed E-state index contributed by atoms with van der Waals surface area (Å²) in [4.78, 5) is 30.2. The molecule has 2 fully saturated rings. The molecule has 0 aliphatic carbocycles. The molecule has 9 nitrogen and oxygen atoms in total. The summed E-state index contributed by atoms with van der Waals surface area (Å²) in [5.74, 6) is 1.51. The number of carbonyl (C=O) groups excluding carboxylic acids is 1. The number of aliphatic hydroxyl groups excluding tert-OH is 1. The highest BCUT2D eigenvalue weighted by atomic mass is 32.1. The van der Waals surface area contributed by atoms with Crippen molar-refractivity contribution in [1.29, 1.82) is 5.26 Å². The molecule has 0 aromatic carbocycles. The van der Waals surface area contributed by atoms with Crippen molar-refractivity contribution in [1.82, 2.24) is 24.8 Å². The highest BCUT2D eigenvalue weighted by Crippen LogP contribution is 2.28. The number of piperidine rings is 2. The Morgan fingerprint density at radius 3 is 2.87 bits per heavy atom. The lowest BCUT2D eigenvalue weighted by molar-refractivity contribution is 0.0542. The number of hydrogen-bond acceptors (Lipinski definition) is 9. The summed E-state index contributed by atoms with van der Waals surface area (Å²) in [6.45, 7) is 5.19. The van der Waals surface area contributed by atoms with Crippen LogP contribution in [-0.2, 0) is 0 Å². The Morgan fingerprint density at radius 2 is 2.10 bits per heavy atom. The van der Waals surface area contributed by atoms with Gasteiger partial charge in [0.1, 0.15) is 17.3 Å². The van der Waals surface area contributed by atoms with Gasteiger partial charge in [0.15, 0.2) is 5.13 Å². The summed E-state index contributed by atoms with van der Waals surface area (Å²) in [7, 11) is 0. The number of aryl methyl sites for hydroxylation is 1. The molecule has 10 heteroatoms. The molecular formula is C21H27N7O2S. The Kier molecular flexibility index (Phi) is 6.75. The van der Waals surface area contributed by atoms with Crippen molar-refractivity contribution in [3.63, 3.8) is 0 Å². The molecule has 2 aromatic rings. The van der Waals surface area contributed by atoms with Gasteiger partial charge in [-0.3, -0.25) is 9.69 Å². The zero-order valence-electron chi connectivity index (χ0n) is 17.6. The van der Waals surface area contributed by atoms with E-state index in [0.29, 0.717) is 54.9 Å². The average Bonchev–Trinajstić information content (AvgIpc) is 3.22. The average molecular weight is 442 g/mol. The molecule has 4 heterocycles. The van der Waals surface area contributed by atoms with Crippen LogP contribution in [0.2, 0.25) is 0 Å². The Hall–Kier alpha value is -2.61. The van der Waals surface area contributed by atoms with Crippen molar-refractivity contribution in [3.8, 4) is 6.07 Å². The number of anilines is 2. The zero-order valence-corrected chi connectivity index (χ0v) is 18.4. The van der Waals surface area contributed by atoms with Crippen molar-refractivity contribution in [3.05, 3.63) is 28.7 Å². The first-order valence-electron chi connectivity index (χ1n) is 10.7. The number of aromatic nitrogens is 3. The Bertz CT molecular complexity index is 965. The number of nitriles is 1. The molecule has 2 N–H and O–H groups in total. The molecule has 2 saturated heterocycles. The summed E-state index contributed by atoms with van der Waals surface area (Å²) in [5, 5.41) is 24.2. The van der Waals surface area contributed by atoms with Gasteiger partial charge in [-0.2, -0.15) is 5.26 Å². The molecule has 0 spiro atoms. The van der Waals surface area contributed by atoms with E-state index in [1.165, 1.54) is 11.3 Å². The van der Waals surface area contributed by atoms with Crippen LogP contribution in [0.1, 0.15) is 53.6 Å². The van der Waals surface area contributed by atoms with Gasteiger partial charge in [-0.15, -0.1) is 11.3 Å². The number of nitrogens with zero attached hydrogens (tertiary/aromatic N) is 6. The molecule has 2 aliphatic rings. The van der Waals surface area contributed by atoms with E-state index in [0.717, 1.165) is 31.6 Å². The second-order valence-electron chi connectivity index (χ2n) is 8.14. The van der Waals surface area contributed by atoms with Crippen molar-refractivity contribution < 1.29 is 9.90 Å². The molecule has 0 radical (unpaired) electrons. The van der Waals surface area contributed by atoms with Crippen LogP contribution in [0.15, 0.2) is 11.4 Å². The molecule has 2 aromatic heterocycles. The fraction of sp³-hybridized carbons (Fsp3) is 0.571. The first-order valence-corrected chi connectivity index (χ1v) is 11.5. The van der Waals surface area contributed by atoms with E-state index in [9.17, 15) is 9.90 Å². The van der Waals surface area contributed by atoms with Gasteiger partial charge < -0.3 is 15.3 Å². The van der Waals surface area contributed by atoms with Gasteiger partial charge in [-0.1, -0.05) is 0 Å². The van der Waals surface area contributed by atoms with Crippen LogP contribution in [0.4, 0.5) is 10.9 Å². The molecule has 0 bridgehead atoms. The predicted molar refractivity (Wildman–Crippen MR) is 117 cm³/mol. The van der Waals surface area contributed by atoms with E-state index in [1.54, 1.807) is 10.3 Å². The van der Waals surface area contributed by atoms with Gasteiger partial charge in [-0.25, -0.2) is 15.0 Å². The molecular weight excluding hydrogens is 414 g/mol. The summed E-state index contributed by atoms with van der Waals surface area (Å²) in [6, 6.07) is 4.18. The zero-order chi connectivity index (χ0) is 21.8. The minimum atomic E-state index is -0.317. The van der Waals surface area contributed by atoms with Crippen LogP contribution in [0, 0.1) is 18.3 Å². The Labute approximate surface area is 185 Å². The number of aliphatic hydroxyl groups is 1. The van der Waals surface area contributed by atoms with Crippen molar-refractivity contribution >= 4 is 28.2 Å². The number of thiazole rings is 1. The second-order valence-corrected chi connectivity index (χ2v) is 9.00. The minimum Gasteiger partial charge on any atom is -0.393 e. The number of rotatable bonds is 5. The van der Waals surface area contributed by atoms with Gasteiger partial charge in [0.05, 0.1) is 24.4 Å². The van der Waals surface area contributed by atoms with E-state index in [1.807, 2.05) is 13.0 Å². The van der Waals surface area contributed by atoms with E-state index < -0.39 is 0 Å². The fourth-order valence-corrected chi connectivity index (χ4v) is 4.87. The fourth-order valence-electron chi connectivity index (χ4n) is 4.17. The quantitative estimate of drug-likeness (QED) is 0.679. The minimum absolute atomic E-state index is 0.101. The number of amides is 1. The van der Waals surface area contributed by atoms with Crippen LogP contribution in [0.5, 0.6) is 0 Å². The van der Waals surface area contributed by atoms with Crippen LogP contribution in [0.25, 0.3) is 0 Å². The Balaban J connectivity index is 1.44. The Morgan fingerprint density at radius 1 is 1.29 bits per heavy atom. The summed E-state index contributed by atoms with van der Waals surface area (Å²) >= 11 is 1.37. The van der Waals surface area contributed by atoms with Gasteiger partial charge >= 0.3 is 0 Å². The number of hydrogen-bond donors (Lipinski definition) is 2. The highest BCUT2D eigenvalue weighted by Gasteiger charge is 2.25. The van der Waals surface area contributed by atoms with Gasteiger partial charge in [-0.05, 0) is 39.2 Å². The van der Waals surface area contributed by atoms with Crippen LogP contribution >= 0.6 is 11.3 Å². The van der Waals surface area contributed by atoms with Gasteiger partial charge in [0, 0.05) is 37.0 Å². The molecule has 0 saturated carbocycles. The van der Waals surface area contributed by atoms with E-state index >= 15 is 0 Å². The van der Waals surface area contributed by atoms with E-state index in [4.69, 9.17) is 5.26 Å². The standard InChI is InChI=1S/C21H27N7O2S/c1-14-23-17(15-3-2-7-27(12-15)10-6-22)11-19(24-14)26-21-25-18(13-31-21)20(30)28-8-4-16(29)5-9-28/h11,13,15-16,29H,2-5,7-10,12H2,1H3,(H,23,24,25,26). The molecule has 4 rings (SSSR count). The predicted octanol–water partition coefficient (Wildman–Crippen LogP) is 2.29. The third-order valence-electron chi connectivity index (χ3n) is 5.79. The normalized spacial score (nSPS) is 20.4. The van der Waals surface area contributed by atoms with Crippen LogP contribution in [0.3, 0.4) is 0 Å². The monoisotopic (exact) mass is 441 g/mol. The van der Waals surface area contributed by atoms with Gasteiger partial charge in [0.25, 0.3) is 5.91 Å². The molecule has 1 unspecified atom stereocenters. The molecule has 1 atom stereocenters. The van der Waals surface area contributed by atoms with Crippen LogP contribution < -0.4 is 5.32 Å². The van der Waals surface area contributed by atoms with E-state index in [-0.39, 0.29) is 17.9 Å². The van der Waals surface area contributed by atoms with Crippen LogP contribution in [-0.4, -0.2) is 74.6 Å². The maximum Gasteiger partial charge on any atom is 0.273 e. The summed E-state index contributed by atoms with van der Waals surface area (Å²) < 4.78 is 0.